The molecule has 5 nitrogen and oxygen atoms in total. The highest BCUT2D eigenvalue weighted by molar-refractivity contribution is 7.89. The molecule has 1 aliphatic carbocycles. The molecule has 0 aromatic rings. The van der Waals surface area contributed by atoms with Crippen molar-refractivity contribution in [2.24, 2.45) is 10.6 Å². The van der Waals surface area contributed by atoms with Gasteiger partial charge in [0, 0.05) is 12.5 Å². The van der Waals surface area contributed by atoms with E-state index in [0.717, 1.165) is 25.7 Å². The summed E-state index contributed by atoms with van der Waals surface area (Å²) in [6.45, 7) is 1.50. The Morgan fingerprint density at radius 2 is 1.88 bits per heavy atom. The molecule has 0 aliphatic heterocycles. The lowest BCUT2D eigenvalue weighted by molar-refractivity contribution is 0.0250. The highest BCUT2D eigenvalue weighted by Crippen LogP contribution is 2.39. The second-order valence-electron chi connectivity index (χ2n) is 4.56. The summed E-state index contributed by atoms with van der Waals surface area (Å²) in [6, 6.07) is 0. The molecule has 0 atom stereocenters. The summed E-state index contributed by atoms with van der Waals surface area (Å²) >= 11 is 0. The third kappa shape index (κ3) is 4.78. The maximum Gasteiger partial charge on any atom is 0.209 e. The van der Waals surface area contributed by atoms with Crippen LogP contribution in [0.3, 0.4) is 0 Å². The van der Waals surface area contributed by atoms with Gasteiger partial charge in [-0.2, -0.15) is 0 Å². The summed E-state index contributed by atoms with van der Waals surface area (Å²) in [5.41, 5.74) is -0.263. The van der Waals surface area contributed by atoms with E-state index in [2.05, 4.69) is 0 Å². The van der Waals surface area contributed by atoms with E-state index in [0.29, 0.717) is 19.8 Å². The van der Waals surface area contributed by atoms with Gasteiger partial charge < -0.3 is 9.47 Å². The lowest BCUT2D eigenvalue weighted by atomic mass is 9.90. The molecule has 0 radical (unpaired) electrons. The fraction of sp³-hybridized carbons (Fsp3) is 1.00. The van der Waals surface area contributed by atoms with Crippen LogP contribution in [0.5, 0.6) is 0 Å². The lowest BCUT2D eigenvalue weighted by Crippen LogP contribution is -2.35. The molecule has 0 heterocycles. The predicted molar refractivity (Wildman–Crippen MR) is 61.6 cm³/mol. The molecular formula is C10H21NO4S. The van der Waals surface area contributed by atoms with Gasteiger partial charge >= 0.3 is 0 Å². The molecule has 0 amide bonds. The van der Waals surface area contributed by atoms with Crippen molar-refractivity contribution in [1.82, 2.24) is 0 Å². The average Bonchev–Trinajstić information content (AvgIpc) is 2.59. The molecule has 0 unspecified atom stereocenters. The molecule has 0 saturated heterocycles. The molecule has 96 valence electrons. The zero-order chi connectivity index (χ0) is 12.1. The predicted octanol–water partition coefficient (Wildman–Crippen LogP) is 0.498. The fourth-order valence-corrected chi connectivity index (χ4v) is 3.54. The van der Waals surface area contributed by atoms with Crippen LogP contribution in [0.2, 0.25) is 0 Å². The minimum atomic E-state index is -3.42. The molecule has 16 heavy (non-hydrogen) atoms. The van der Waals surface area contributed by atoms with Crippen LogP contribution in [-0.4, -0.2) is 41.1 Å². The fourth-order valence-electron chi connectivity index (χ4n) is 2.31. The number of hydrogen-bond donors (Lipinski definition) is 1. The highest BCUT2D eigenvalue weighted by Gasteiger charge is 2.37. The van der Waals surface area contributed by atoms with E-state index in [1.54, 1.807) is 7.11 Å². The standard InChI is InChI=1S/C10H21NO4S/c1-14-6-7-15-8-10(4-2-3-5-10)9-16(11,12)13/h2-9H2,1H3,(H2,11,12,13). The second-order valence-corrected chi connectivity index (χ2v) is 6.17. The maximum atomic E-state index is 11.2. The van der Waals surface area contributed by atoms with Gasteiger partial charge in [0.1, 0.15) is 0 Å². The molecule has 0 aromatic carbocycles. The Balaban J connectivity index is 2.46. The van der Waals surface area contributed by atoms with Crippen molar-refractivity contribution in [2.75, 3.05) is 32.7 Å². The Kier molecular flexibility index (Phi) is 5.17. The third-order valence-corrected chi connectivity index (χ3v) is 4.03. The van der Waals surface area contributed by atoms with Gasteiger partial charge in [-0.25, -0.2) is 13.6 Å². The van der Waals surface area contributed by atoms with Gasteiger partial charge in [-0.3, -0.25) is 0 Å². The number of nitrogens with two attached hydrogens (primary N) is 1. The summed E-state index contributed by atoms with van der Waals surface area (Å²) < 4.78 is 32.7. The van der Waals surface area contributed by atoms with E-state index >= 15 is 0 Å². The van der Waals surface area contributed by atoms with Gasteiger partial charge in [0.05, 0.1) is 25.6 Å². The Hall–Kier alpha value is -0.170. The minimum absolute atomic E-state index is 0.0347. The van der Waals surface area contributed by atoms with Crippen molar-refractivity contribution in [1.29, 1.82) is 0 Å². The van der Waals surface area contributed by atoms with Crippen LogP contribution in [0.1, 0.15) is 25.7 Å². The molecule has 0 aromatic heterocycles. The van der Waals surface area contributed by atoms with E-state index < -0.39 is 10.0 Å². The number of hydrogen-bond acceptors (Lipinski definition) is 4. The van der Waals surface area contributed by atoms with E-state index in [4.69, 9.17) is 14.6 Å². The zero-order valence-corrected chi connectivity index (χ0v) is 10.6. The lowest BCUT2D eigenvalue weighted by Gasteiger charge is -2.27. The van der Waals surface area contributed by atoms with E-state index in [1.807, 2.05) is 0 Å². The molecule has 0 spiro atoms. The van der Waals surface area contributed by atoms with Crippen LogP contribution in [0.15, 0.2) is 0 Å². The first-order chi connectivity index (χ1) is 7.47. The van der Waals surface area contributed by atoms with Crippen LogP contribution in [0.25, 0.3) is 0 Å². The van der Waals surface area contributed by atoms with E-state index in [9.17, 15) is 8.42 Å². The second kappa shape index (κ2) is 5.95. The maximum absolute atomic E-state index is 11.2. The van der Waals surface area contributed by atoms with Gasteiger partial charge in [0.15, 0.2) is 0 Å². The first-order valence-electron chi connectivity index (χ1n) is 5.55. The highest BCUT2D eigenvalue weighted by atomic mass is 32.2. The summed E-state index contributed by atoms with van der Waals surface area (Å²) in [7, 11) is -1.81. The number of primary sulfonamides is 1. The Bertz CT molecular complexity index is 296. The van der Waals surface area contributed by atoms with Gasteiger partial charge in [0.2, 0.25) is 10.0 Å². The van der Waals surface area contributed by atoms with Crippen molar-refractivity contribution in [3.63, 3.8) is 0 Å². The molecule has 6 heteroatoms. The number of ether oxygens (including phenoxy) is 2. The normalized spacial score (nSPS) is 20.1. The van der Waals surface area contributed by atoms with Crippen LogP contribution in [-0.2, 0) is 19.5 Å². The Labute approximate surface area is 97.3 Å². The first kappa shape index (κ1) is 13.9. The summed E-state index contributed by atoms with van der Waals surface area (Å²) in [5.74, 6) is 0.0347. The minimum Gasteiger partial charge on any atom is -0.382 e. The average molecular weight is 251 g/mol. The number of sulfonamides is 1. The third-order valence-electron chi connectivity index (χ3n) is 3.01. The molecule has 1 saturated carbocycles. The zero-order valence-electron chi connectivity index (χ0n) is 9.78. The molecule has 2 N–H and O–H groups in total. The number of rotatable bonds is 7. The van der Waals surface area contributed by atoms with Crippen molar-refractivity contribution < 1.29 is 17.9 Å². The summed E-state index contributed by atoms with van der Waals surface area (Å²) in [6.07, 6.45) is 3.89. The van der Waals surface area contributed by atoms with Crippen LogP contribution in [0, 0.1) is 5.41 Å². The summed E-state index contributed by atoms with van der Waals surface area (Å²) in [5, 5.41) is 5.12. The van der Waals surface area contributed by atoms with Crippen molar-refractivity contribution in [3.8, 4) is 0 Å². The van der Waals surface area contributed by atoms with Crippen molar-refractivity contribution >= 4 is 10.0 Å². The van der Waals surface area contributed by atoms with Gasteiger partial charge in [0.25, 0.3) is 0 Å². The van der Waals surface area contributed by atoms with Crippen molar-refractivity contribution in [2.45, 2.75) is 25.7 Å². The molecule has 1 rings (SSSR count). The van der Waals surface area contributed by atoms with Gasteiger partial charge in [-0.15, -0.1) is 0 Å². The quantitative estimate of drug-likeness (QED) is 0.668. The topological polar surface area (TPSA) is 78.6 Å². The first-order valence-corrected chi connectivity index (χ1v) is 7.26. The van der Waals surface area contributed by atoms with Crippen LogP contribution in [0.4, 0.5) is 0 Å². The number of methoxy groups -OCH3 is 1. The monoisotopic (exact) mass is 251 g/mol. The smallest absolute Gasteiger partial charge is 0.209 e. The Morgan fingerprint density at radius 1 is 1.25 bits per heavy atom. The van der Waals surface area contributed by atoms with Gasteiger partial charge in [-0.1, -0.05) is 12.8 Å². The van der Waals surface area contributed by atoms with Crippen LogP contribution >= 0.6 is 0 Å². The largest absolute Gasteiger partial charge is 0.382 e. The van der Waals surface area contributed by atoms with E-state index in [1.165, 1.54) is 0 Å². The SMILES string of the molecule is COCCOCC1(CS(N)(=O)=O)CCCC1. The molecule has 0 bridgehead atoms. The van der Waals surface area contributed by atoms with Crippen LogP contribution < -0.4 is 5.14 Å². The van der Waals surface area contributed by atoms with Crippen molar-refractivity contribution in [3.05, 3.63) is 0 Å². The molecular weight excluding hydrogens is 230 g/mol. The summed E-state index contributed by atoms with van der Waals surface area (Å²) in [4.78, 5) is 0. The van der Waals surface area contributed by atoms with E-state index in [-0.39, 0.29) is 11.2 Å². The molecule has 1 fully saturated rings. The van der Waals surface area contributed by atoms with Gasteiger partial charge in [-0.05, 0) is 12.8 Å². The molecule has 1 aliphatic rings. The Morgan fingerprint density at radius 3 is 2.38 bits per heavy atom.